The predicted molar refractivity (Wildman–Crippen MR) is 467 cm³/mol. The second-order valence-corrected chi connectivity index (χ2v) is 26.8. The number of unbranched alkanes of at least 4 members (excludes halogenated alkanes) is 1. The zero-order valence-corrected chi connectivity index (χ0v) is 66.2. The van der Waals surface area contributed by atoms with Gasteiger partial charge in [0.1, 0.15) is 41.0 Å². The van der Waals surface area contributed by atoms with Crippen LogP contribution in [0.15, 0.2) is 305 Å². The largest absolute Gasteiger partial charge is 0.508 e. The van der Waals surface area contributed by atoms with Crippen LogP contribution in [0.2, 0.25) is 20.1 Å². The number of aromatic nitrogens is 1. The number of carbonyl (C=O) groups is 5. The fourth-order valence-corrected chi connectivity index (χ4v) is 10.9. The Kier molecular flexibility index (Phi) is 33.0. The van der Waals surface area contributed by atoms with Crippen molar-refractivity contribution in [2.24, 2.45) is 25.4 Å². The molecule has 1 aliphatic rings. The summed E-state index contributed by atoms with van der Waals surface area (Å²) in [5, 5.41) is 65.7. The molecule has 1 aromatic heterocycles. The molecule has 0 radical (unpaired) electrons. The molecule has 1 saturated heterocycles. The number of hydrazone groups is 4. The van der Waals surface area contributed by atoms with Gasteiger partial charge >= 0.3 is 0 Å². The molecule has 11 aromatic carbocycles. The van der Waals surface area contributed by atoms with Gasteiger partial charge in [-0.3, -0.25) is 29.3 Å². The van der Waals surface area contributed by atoms with Crippen molar-refractivity contribution in [2.75, 3.05) is 6.54 Å². The molecule has 0 saturated carbocycles. The van der Waals surface area contributed by atoms with Crippen molar-refractivity contribution in [2.45, 2.75) is 25.4 Å². The fraction of sp³-hybridized carbons (Fsp3) is 0.0532. The van der Waals surface area contributed by atoms with Gasteiger partial charge in [0.2, 0.25) is 6.10 Å². The van der Waals surface area contributed by atoms with Crippen molar-refractivity contribution in [1.82, 2.24) is 32.0 Å². The van der Waals surface area contributed by atoms with E-state index in [1.807, 2.05) is 146 Å². The van der Waals surface area contributed by atoms with E-state index in [1.165, 1.54) is 97.0 Å². The minimum atomic E-state index is -0.708. The maximum atomic E-state index is 12.1. The number of amides is 5. The number of rotatable bonds is 17. The van der Waals surface area contributed by atoms with E-state index in [1.54, 1.807) is 42.7 Å². The Balaban J connectivity index is 0.000000169. The van der Waals surface area contributed by atoms with Gasteiger partial charge in [0.25, 0.3) is 35.6 Å². The van der Waals surface area contributed by atoms with E-state index in [9.17, 15) is 49.5 Å². The highest BCUT2D eigenvalue weighted by Crippen LogP contribution is 2.28. The number of amidine groups is 1. The number of hydrogen-bond donors (Lipinski definition) is 10. The number of ether oxygens (including phenoxy) is 1. The van der Waals surface area contributed by atoms with Gasteiger partial charge < -0.3 is 30.3 Å². The molecule has 22 nitrogen and oxygen atoms in total. The van der Waals surface area contributed by atoms with Crippen molar-refractivity contribution in [1.29, 1.82) is 0 Å². The number of aliphatic imine (C=N–C) groups is 1. The lowest BCUT2D eigenvalue weighted by atomic mass is 10.1. The van der Waals surface area contributed by atoms with Crippen LogP contribution in [0.5, 0.6) is 28.7 Å². The van der Waals surface area contributed by atoms with Crippen LogP contribution in [-0.4, -0.2) is 97.5 Å². The van der Waals surface area contributed by atoms with Crippen molar-refractivity contribution >= 4 is 107 Å². The van der Waals surface area contributed by atoms with Crippen LogP contribution in [0.25, 0.3) is 0 Å². The van der Waals surface area contributed by atoms with Crippen LogP contribution in [0.1, 0.15) is 127 Å². The molecule has 1 aliphatic heterocycles. The summed E-state index contributed by atoms with van der Waals surface area (Å²) in [5.41, 5.74) is 20.9. The first-order valence-electron chi connectivity index (χ1n) is 36.2. The van der Waals surface area contributed by atoms with E-state index in [0.717, 1.165) is 74.9 Å². The minimum absolute atomic E-state index is 0.0731. The molecular weight excluding hydrogens is 1600 g/mol. The zero-order valence-electron chi connectivity index (χ0n) is 63.2. The maximum Gasteiger partial charge on any atom is 0.293 e. The van der Waals surface area contributed by atoms with Gasteiger partial charge in [-0.15, -0.1) is 0 Å². The number of phenols is 5. The van der Waals surface area contributed by atoms with Crippen LogP contribution in [-0.2, 0) is 16.0 Å². The summed E-state index contributed by atoms with van der Waals surface area (Å²) in [7, 11) is 0. The number of pyridine rings is 1. The van der Waals surface area contributed by atoms with Gasteiger partial charge in [-0.2, -0.15) is 20.4 Å². The number of carbonyl (C=O) groups excluding carboxylic acids is 5. The van der Waals surface area contributed by atoms with E-state index in [0.29, 0.717) is 16.8 Å². The molecule has 12 aromatic rings. The molecule has 0 aliphatic carbocycles. The highest BCUT2D eigenvalue weighted by molar-refractivity contribution is 6.33. The fourth-order valence-electron chi connectivity index (χ4n) is 10.2. The molecule has 5 amide bonds. The number of phenolic OH excluding ortho intramolecular Hbond substituents is 5. The molecule has 13 rings (SSSR count). The maximum absolute atomic E-state index is 12.1. The number of hydrogen-bond acceptors (Lipinski definition) is 17. The summed E-state index contributed by atoms with van der Waals surface area (Å²) >= 11 is 23.2. The number of nitrogens with one attached hydrogen (secondary N) is 5. The molecule has 10 N–H and O–H groups in total. The lowest BCUT2D eigenvalue weighted by Crippen LogP contribution is -2.22. The first kappa shape index (κ1) is 86.9. The SMILES string of the molecule is O=C(N/N=C/c1ccc(C#CCCCc2ccccc2)cc1)c1ccc(O)c(Cl)c1.O=C(N/N=C/c1ccc(C#CCN=C2NC(=O)C(c3ccccc3)O2)cc1)c1ccc(O)c(Cl)c1.O=C(N/N=C/c1ccc(C#Cc2cccc(O)c2)cc1)c1ccc(O)c(Cl)c1.O=C(N/N=C/c1ccc(C#Cc2ccccn2)cc1)c1ccc(O)c(Cl)c1. The number of benzene rings is 11. The van der Waals surface area contributed by atoms with Gasteiger partial charge in [0, 0.05) is 68.3 Å². The quantitative estimate of drug-likeness (QED) is 0.0176. The molecule has 2 heterocycles. The first-order valence-corrected chi connectivity index (χ1v) is 37.8. The lowest BCUT2D eigenvalue weighted by molar-refractivity contribution is -0.123. The number of aryl methyl sites for hydroxylation is 1. The topological polar surface area (TPSA) is 331 Å². The van der Waals surface area contributed by atoms with E-state index in [2.05, 4.69) is 129 Å². The summed E-state index contributed by atoms with van der Waals surface area (Å²) in [6, 6.07) is 78.3. The molecule has 120 heavy (non-hydrogen) atoms. The second kappa shape index (κ2) is 45.5. The monoisotopic (exact) mass is 1670 g/mol. The van der Waals surface area contributed by atoms with Crippen LogP contribution >= 0.6 is 46.4 Å². The summed E-state index contributed by atoms with van der Waals surface area (Å²) < 4.78 is 5.58. The normalized spacial score (nSPS) is 11.9. The first-order chi connectivity index (χ1) is 58.2. The Labute approximate surface area is 710 Å². The van der Waals surface area contributed by atoms with Crippen molar-refractivity contribution in [3.63, 3.8) is 0 Å². The highest BCUT2D eigenvalue weighted by atomic mass is 35.5. The molecule has 1 fully saturated rings. The van der Waals surface area contributed by atoms with E-state index in [-0.39, 0.29) is 78.4 Å². The minimum Gasteiger partial charge on any atom is -0.508 e. The van der Waals surface area contributed by atoms with Crippen LogP contribution < -0.4 is 27.0 Å². The predicted octanol–water partition coefficient (Wildman–Crippen LogP) is 16.1. The standard InChI is InChI=1S/C26H19ClN4O4.C25H21ClN2O2.C22H15ClN2O3.C21H14ClN3O2/c27-21-15-20(12-13-22(21)32)24(33)31-29-16-18-10-8-17(9-11-18)5-4-14-28-26-30-25(34)23(35-26)19-6-2-1-3-7-19;26-23-17-22(15-16-24(23)29)25(30)28-27-18-21-13-11-20(12-14-21)10-6-2-5-9-19-7-3-1-4-8-19;23-20-13-18(10-11-21(20)27)22(28)25-24-14-17-8-5-15(6-9-17)4-7-16-2-1-3-19(26)12-16;22-19-13-17(9-11-20(19)26)21(27)25-24-14-16-6-4-15(5-7-16)8-10-18-3-1-2-12-23-18/h1-3,6-13,15-16,23,32H,14H2,(H,31,33)(H,28,30,34);1,3-4,7-8,11-18,29H,2,5,9H2,(H,28,30);1-3,5-6,8-14,26-27H,(H,25,28);1-7,9,11-14,26H,(H,25,27)/b29-16+;27-18+;2*24-14+. The lowest BCUT2D eigenvalue weighted by Gasteiger charge is -2.05. The van der Waals surface area contributed by atoms with Gasteiger partial charge in [-0.1, -0.05) is 209 Å². The summed E-state index contributed by atoms with van der Waals surface area (Å²) in [4.78, 5) is 68.5. The van der Waals surface area contributed by atoms with E-state index in [4.69, 9.17) is 51.1 Å². The van der Waals surface area contributed by atoms with Gasteiger partial charge in [-0.05, 0) is 198 Å². The van der Waals surface area contributed by atoms with Crippen molar-refractivity contribution in [3.05, 3.63) is 388 Å². The van der Waals surface area contributed by atoms with Crippen LogP contribution in [0.4, 0.5) is 0 Å². The number of halogens is 4. The Morgan fingerprint density at radius 3 is 1.19 bits per heavy atom. The Morgan fingerprint density at radius 1 is 0.408 bits per heavy atom. The summed E-state index contributed by atoms with van der Waals surface area (Å²) in [6.07, 6.45) is 9.99. The molecule has 1 unspecified atom stereocenters. The van der Waals surface area contributed by atoms with Gasteiger partial charge in [0.15, 0.2) is 0 Å². The van der Waals surface area contributed by atoms with Crippen molar-refractivity contribution in [3.8, 4) is 76.1 Å². The summed E-state index contributed by atoms with van der Waals surface area (Å²) in [5.74, 6) is 22.1. The number of aromatic hydroxyl groups is 5. The van der Waals surface area contributed by atoms with Gasteiger partial charge in [0.05, 0.1) is 44.9 Å². The van der Waals surface area contributed by atoms with Crippen LogP contribution in [0.3, 0.4) is 0 Å². The van der Waals surface area contributed by atoms with E-state index >= 15 is 0 Å². The third-order valence-corrected chi connectivity index (χ3v) is 17.6. The molecule has 594 valence electrons. The Bertz CT molecular complexity index is 6060. The van der Waals surface area contributed by atoms with Crippen molar-refractivity contribution < 1.29 is 54.2 Å². The Morgan fingerprint density at radius 2 is 0.792 bits per heavy atom. The molecule has 0 spiro atoms. The molecule has 0 bridgehead atoms. The summed E-state index contributed by atoms with van der Waals surface area (Å²) in [6.45, 7) is 0.160. The third-order valence-electron chi connectivity index (χ3n) is 16.4. The van der Waals surface area contributed by atoms with Gasteiger partial charge in [-0.25, -0.2) is 31.7 Å². The molecule has 26 heteroatoms. The molecular formula is C94H69Cl4N11O11. The zero-order chi connectivity index (χ0) is 84.8. The average Bonchev–Trinajstić information content (AvgIpc) is 1.60. The Hall–Kier alpha value is -15.5. The highest BCUT2D eigenvalue weighted by Gasteiger charge is 2.32. The second-order valence-electron chi connectivity index (χ2n) is 25.2. The number of nitrogens with zero attached hydrogens (tertiary/aromatic N) is 6. The molecule has 1 atom stereocenters. The third kappa shape index (κ3) is 28.8. The smallest absolute Gasteiger partial charge is 0.293 e. The van der Waals surface area contributed by atoms with Crippen LogP contribution in [0, 0.1) is 47.4 Å². The average molecular weight is 1670 g/mol. The van der Waals surface area contributed by atoms with E-state index < -0.39 is 29.7 Å².